The predicted octanol–water partition coefficient (Wildman–Crippen LogP) is 5.04. The zero-order chi connectivity index (χ0) is 27.9. The Bertz CT molecular complexity index is 1730. The van der Waals surface area contributed by atoms with Crippen molar-refractivity contribution in [3.8, 4) is 11.8 Å². The fourth-order valence-corrected chi connectivity index (χ4v) is 6.30. The monoisotopic (exact) mass is 561 g/mol. The maximum atomic E-state index is 10.8. The summed E-state index contributed by atoms with van der Waals surface area (Å²) in [4.78, 5) is 14.3. The number of benzene rings is 3. The summed E-state index contributed by atoms with van der Waals surface area (Å²) in [5.74, 6) is 7.51. The Labute approximate surface area is 242 Å². The van der Waals surface area contributed by atoms with Crippen LogP contribution in [-0.4, -0.2) is 48.5 Å². The number of nitrogens with one attached hydrogen (secondary N) is 1. The smallest absolute Gasteiger partial charge is 0.209 e. The van der Waals surface area contributed by atoms with Crippen LogP contribution in [0.1, 0.15) is 40.9 Å². The molecule has 3 aromatic carbocycles. The van der Waals surface area contributed by atoms with E-state index in [1.54, 1.807) is 18.5 Å². The van der Waals surface area contributed by atoms with Gasteiger partial charge in [0.15, 0.2) is 17.0 Å². The van der Waals surface area contributed by atoms with Crippen molar-refractivity contribution >= 4 is 28.6 Å². The van der Waals surface area contributed by atoms with Gasteiger partial charge in [-0.05, 0) is 53.5 Å². The lowest BCUT2D eigenvalue weighted by Crippen LogP contribution is -2.31. The Morgan fingerprint density at radius 1 is 0.878 bits per heavy atom. The molecule has 41 heavy (non-hydrogen) atoms. The zero-order valence-corrected chi connectivity index (χ0v) is 22.9. The van der Waals surface area contributed by atoms with E-state index in [0.717, 1.165) is 12.0 Å². The van der Waals surface area contributed by atoms with Gasteiger partial charge in [-0.15, -0.1) is 0 Å². The van der Waals surface area contributed by atoms with Gasteiger partial charge in [-0.1, -0.05) is 84.3 Å². The Balaban J connectivity index is 1.29. The second-order valence-corrected chi connectivity index (χ2v) is 11.2. The van der Waals surface area contributed by atoms with Crippen LogP contribution in [0, 0.1) is 23.7 Å². The van der Waals surface area contributed by atoms with Crippen LogP contribution in [0.25, 0.3) is 11.2 Å². The first-order valence-electron chi connectivity index (χ1n) is 13.8. The summed E-state index contributed by atoms with van der Waals surface area (Å²) in [5, 5.41) is 25.5. The average molecular weight is 562 g/mol. The third-order valence-electron chi connectivity index (χ3n) is 8.23. The molecule has 2 fully saturated rings. The van der Waals surface area contributed by atoms with E-state index in [9.17, 15) is 10.2 Å². The van der Waals surface area contributed by atoms with Crippen molar-refractivity contribution in [2.45, 2.75) is 30.6 Å². The van der Waals surface area contributed by atoms with Gasteiger partial charge in [0.25, 0.3) is 0 Å². The average Bonchev–Trinajstić information content (AvgIpc) is 3.61. The van der Waals surface area contributed by atoms with Crippen molar-refractivity contribution in [1.29, 1.82) is 0 Å². The number of hydrogen-bond acceptors (Lipinski definition) is 6. The number of aliphatic hydroxyl groups excluding tert-OH is 2. The van der Waals surface area contributed by atoms with Crippen molar-refractivity contribution < 1.29 is 10.2 Å². The van der Waals surface area contributed by atoms with Crippen molar-refractivity contribution in [3.05, 3.63) is 119 Å². The van der Waals surface area contributed by atoms with Gasteiger partial charge in [0.05, 0.1) is 18.5 Å². The Kier molecular flexibility index (Phi) is 6.68. The van der Waals surface area contributed by atoms with Crippen LogP contribution in [0.15, 0.2) is 91.3 Å². The van der Waals surface area contributed by atoms with Crippen LogP contribution >= 0.6 is 11.6 Å². The molecule has 8 heteroatoms. The molecule has 2 aromatic heterocycles. The molecule has 5 atom stereocenters. The van der Waals surface area contributed by atoms with Crippen molar-refractivity contribution in [2.75, 3.05) is 11.9 Å². The molecule has 2 aliphatic rings. The first kappa shape index (κ1) is 25.7. The van der Waals surface area contributed by atoms with E-state index in [0.29, 0.717) is 34.4 Å². The van der Waals surface area contributed by atoms with Gasteiger partial charge in [0.2, 0.25) is 5.82 Å². The maximum absolute atomic E-state index is 10.8. The van der Waals surface area contributed by atoms with Crippen molar-refractivity contribution in [1.82, 2.24) is 19.5 Å². The molecule has 2 heterocycles. The van der Waals surface area contributed by atoms with Crippen LogP contribution in [0.4, 0.5) is 5.82 Å². The standard InChI is InChI=1S/C33H28ClN5O2/c34-23-13-7-8-20(16-23)14-15-27-37-32(35-18-26(21-9-3-1-4-10-21)22-11-5-2-6-12-22)28-33(38-27)39(19-36-28)29-24-17-25(24)30(40)31(29)41/h1-13,16,19,24-26,29-31,40-41H,17-18H2,(H,35,37,38)/t24-,25+,29+,30+,31-/m0/s1. The van der Waals surface area contributed by atoms with Crippen molar-refractivity contribution in [2.24, 2.45) is 11.8 Å². The molecular weight excluding hydrogens is 534 g/mol. The lowest BCUT2D eigenvalue weighted by molar-refractivity contribution is 0.00386. The summed E-state index contributed by atoms with van der Waals surface area (Å²) < 4.78 is 1.89. The summed E-state index contributed by atoms with van der Waals surface area (Å²) in [7, 11) is 0. The molecule has 0 spiro atoms. The molecule has 0 saturated heterocycles. The van der Waals surface area contributed by atoms with Gasteiger partial charge >= 0.3 is 0 Å². The number of anilines is 1. The summed E-state index contributed by atoms with van der Waals surface area (Å²) in [6, 6.07) is 27.8. The highest BCUT2D eigenvalue weighted by atomic mass is 35.5. The number of hydrogen-bond donors (Lipinski definition) is 3. The minimum absolute atomic E-state index is 0.0736. The van der Waals surface area contributed by atoms with Crippen LogP contribution in [0.2, 0.25) is 5.02 Å². The van der Waals surface area contributed by atoms with E-state index in [4.69, 9.17) is 21.6 Å². The molecule has 0 aliphatic heterocycles. The van der Waals surface area contributed by atoms with E-state index in [1.807, 2.05) is 53.1 Å². The molecule has 0 unspecified atom stereocenters. The second-order valence-electron chi connectivity index (χ2n) is 10.8. The van der Waals surface area contributed by atoms with Gasteiger partial charge in [-0.25, -0.2) is 15.0 Å². The molecule has 2 aliphatic carbocycles. The van der Waals surface area contributed by atoms with E-state index < -0.39 is 12.2 Å². The molecule has 0 amide bonds. The summed E-state index contributed by atoms with van der Waals surface area (Å²) in [5.41, 5.74) is 4.31. The molecule has 2 saturated carbocycles. The molecule has 5 aromatic rings. The van der Waals surface area contributed by atoms with Gasteiger partial charge in [-0.2, -0.15) is 0 Å². The van der Waals surface area contributed by atoms with E-state index in [-0.39, 0.29) is 23.8 Å². The molecule has 3 N–H and O–H groups in total. The van der Waals surface area contributed by atoms with E-state index >= 15 is 0 Å². The van der Waals surface area contributed by atoms with Crippen LogP contribution in [0.3, 0.4) is 0 Å². The molecular formula is C33H28ClN5O2. The second kappa shape index (κ2) is 10.6. The largest absolute Gasteiger partial charge is 0.390 e. The fraction of sp³-hybridized carbons (Fsp3) is 0.242. The van der Waals surface area contributed by atoms with Gasteiger partial charge in [0, 0.05) is 23.0 Å². The third kappa shape index (κ3) is 4.95. The van der Waals surface area contributed by atoms with Gasteiger partial charge < -0.3 is 20.1 Å². The Morgan fingerprint density at radius 3 is 2.27 bits per heavy atom. The molecule has 0 radical (unpaired) electrons. The maximum Gasteiger partial charge on any atom is 0.209 e. The normalized spacial score (nSPS) is 22.8. The lowest BCUT2D eigenvalue weighted by Gasteiger charge is -2.22. The molecule has 204 valence electrons. The minimum atomic E-state index is -0.871. The number of rotatable bonds is 6. The summed E-state index contributed by atoms with van der Waals surface area (Å²) >= 11 is 6.16. The van der Waals surface area contributed by atoms with E-state index in [2.05, 4.69) is 46.4 Å². The summed E-state index contributed by atoms with van der Waals surface area (Å²) in [6.45, 7) is 0.573. The molecule has 0 bridgehead atoms. The highest BCUT2D eigenvalue weighted by Gasteiger charge is 2.60. The van der Waals surface area contributed by atoms with Gasteiger partial charge in [-0.3, -0.25) is 0 Å². The van der Waals surface area contributed by atoms with Crippen LogP contribution in [-0.2, 0) is 0 Å². The number of fused-ring (bicyclic) bond motifs is 2. The number of aliphatic hydroxyl groups is 2. The molecule has 7 nitrogen and oxygen atoms in total. The van der Waals surface area contributed by atoms with Crippen LogP contribution < -0.4 is 5.32 Å². The number of halogens is 1. The number of imidazole rings is 1. The quantitative estimate of drug-likeness (QED) is 0.252. The van der Waals surface area contributed by atoms with Gasteiger partial charge in [0.1, 0.15) is 6.10 Å². The fourth-order valence-electron chi connectivity index (χ4n) is 6.11. The predicted molar refractivity (Wildman–Crippen MR) is 159 cm³/mol. The Hall–Kier alpha value is -4.22. The highest BCUT2D eigenvalue weighted by molar-refractivity contribution is 6.30. The minimum Gasteiger partial charge on any atom is -0.390 e. The Morgan fingerprint density at radius 2 is 1.61 bits per heavy atom. The molecule has 7 rings (SSSR count). The zero-order valence-electron chi connectivity index (χ0n) is 22.1. The van der Waals surface area contributed by atoms with E-state index in [1.165, 1.54) is 11.1 Å². The highest BCUT2D eigenvalue weighted by Crippen LogP contribution is 2.58. The topological polar surface area (TPSA) is 96.1 Å². The van der Waals surface area contributed by atoms with Crippen LogP contribution in [0.5, 0.6) is 0 Å². The lowest BCUT2D eigenvalue weighted by atomic mass is 9.91. The first-order chi connectivity index (χ1) is 20.1. The number of aromatic nitrogens is 4. The first-order valence-corrected chi connectivity index (χ1v) is 14.2. The van der Waals surface area contributed by atoms with Crippen molar-refractivity contribution in [3.63, 3.8) is 0 Å². The summed E-state index contributed by atoms with van der Waals surface area (Å²) in [6.07, 6.45) is 0.979. The number of nitrogens with zero attached hydrogens (tertiary/aromatic N) is 4. The third-order valence-corrected chi connectivity index (χ3v) is 8.47. The SMILES string of the molecule is O[C@@H]1[C@H](O)[C@@H]2C[C@@H]2[C@H]1n1cnc2c(NCC(c3ccccc3)c3ccccc3)nc(C#Cc3cccc(Cl)c3)nc21.